The van der Waals surface area contributed by atoms with Gasteiger partial charge in [-0.25, -0.2) is 4.79 Å². The number of nitrogen functional groups attached to an aromatic ring is 1. The number of nitrogens with zero attached hydrogens (tertiary/aromatic N) is 3. The first kappa shape index (κ1) is 20.3. The summed E-state index contributed by atoms with van der Waals surface area (Å²) >= 11 is 0. The summed E-state index contributed by atoms with van der Waals surface area (Å²) < 4.78 is 10.8. The van der Waals surface area contributed by atoms with Gasteiger partial charge in [0.1, 0.15) is 42.8 Å². The average Bonchev–Trinajstić information content (AvgIpc) is 2.84. The molecule has 1 aliphatic heterocycles. The third-order valence-corrected chi connectivity index (χ3v) is 3.89. The number of amides is 1. The molecule has 2 heterocycles. The van der Waals surface area contributed by atoms with Crippen molar-refractivity contribution in [2.24, 2.45) is 11.5 Å². The Balaban J connectivity index is 2.19. The molecule has 8 N–H and O–H groups in total. The van der Waals surface area contributed by atoms with Gasteiger partial charge in [-0.05, 0) is 6.07 Å². The maximum atomic E-state index is 12.0. The number of primary amides is 1. The zero-order valence-electron chi connectivity index (χ0n) is 13.9. The van der Waals surface area contributed by atoms with Gasteiger partial charge in [-0.15, -0.1) is 0 Å². The van der Waals surface area contributed by atoms with Crippen LogP contribution in [0.2, 0.25) is 0 Å². The molecule has 1 fully saturated rings. The van der Waals surface area contributed by atoms with Gasteiger partial charge in [0.25, 0.3) is 5.72 Å². The lowest BCUT2D eigenvalue weighted by atomic mass is 10.0. The molecule has 1 aromatic heterocycles. The van der Waals surface area contributed by atoms with Crippen molar-refractivity contribution in [1.29, 1.82) is 5.26 Å². The number of nitrogens with two attached hydrogens (primary N) is 3. The fourth-order valence-electron chi connectivity index (χ4n) is 2.52. The molecule has 146 valence electrons. The van der Waals surface area contributed by atoms with Crippen LogP contribution in [0.5, 0.6) is 0 Å². The Kier molecular flexibility index (Phi) is 5.76. The van der Waals surface area contributed by atoms with Crippen LogP contribution in [0.3, 0.4) is 0 Å². The number of aliphatic hydroxyl groups excluding tert-OH is 2. The molecule has 0 radical (unpaired) electrons. The van der Waals surface area contributed by atoms with Crippen LogP contribution >= 0.6 is 0 Å². The van der Waals surface area contributed by atoms with Crippen molar-refractivity contribution < 1.29 is 29.3 Å². The molecular formula is C14H18N6O7. The van der Waals surface area contributed by atoms with E-state index in [-0.39, 0.29) is 5.82 Å². The van der Waals surface area contributed by atoms with Gasteiger partial charge in [-0.2, -0.15) is 10.2 Å². The SMILES string of the molecule is N#C[C@@]1(n2ccc(N)nc2=O)O[C@H](COC(=O)[C@@H](N)CC(N)=O)C(O)C1O. The van der Waals surface area contributed by atoms with E-state index >= 15 is 0 Å². The van der Waals surface area contributed by atoms with Crippen LogP contribution < -0.4 is 22.9 Å². The molecule has 13 heteroatoms. The Morgan fingerprint density at radius 2 is 2.19 bits per heavy atom. The van der Waals surface area contributed by atoms with Gasteiger partial charge in [-0.1, -0.05) is 0 Å². The van der Waals surface area contributed by atoms with E-state index in [0.717, 1.165) is 6.20 Å². The number of esters is 1. The van der Waals surface area contributed by atoms with Crippen molar-refractivity contribution in [3.05, 3.63) is 22.7 Å². The Morgan fingerprint density at radius 3 is 2.74 bits per heavy atom. The molecule has 0 spiro atoms. The van der Waals surface area contributed by atoms with Crippen molar-refractivity contribution in [3.63, 3.8) is 0 Å². The van der Waals surface area contributed by atoms with E-state index in [2.05, 4.69) is 4.98 Å². The molecule has 2 unspecified atom stereocenters. The molecule has 13 nitrogen and oxygen atoms in total. The van der Waals surface area contributed by atoms with E-state index in [1.807, 2.05) is 0 Å². The van der Waals surface area contributed by atoms with E-state index in [1.165, 1.54) is 6.07 Å². The fraction of sp³-hybridized carbons (Fsp3) is 0.500. The van der Waals surface area contributed by atoms with Gasteiger partial charge in [-0.3, -0.25) is 14.2 Å². The van der Waals surface area contributed by atoms with Gasteiger partial charge in [0.15, 0.2) is 0 Å². The van der Waals surface area contributed by atoms with E-state index in [4.69, 9.17) is 26.7 Å². The zero-order valence-corrected chi connectivity index (χ0v) is 13.9. The van der Waals surface area contributed by atoms with Gasteiger partial charge in [0.2, 0.25) is 5.91 Å². The Morgan fingerprint density at radius 1 is 1.52 bits per heavy atom. The summed E-state index contributed by atoms with van der Waals surface area (Å²) in [5.74, 6) is -1.93. The standard InChI is InChI=1S/C14H18N6O7/c15-5-14(20-2-1-8(17)19-13(20)25)11(23)10(22)7(27-14)4-26-12(24)6(16)3-9(18)21/h1-2,6-7,10-11,22-23H,3-4,16H2,(H2,18,21)(H2,17,19,25)/t6-,7+,10?,11?,14+/m0/s1. The number of aliphatic hydroxyl groups is 2. The van der Waals surface area contributed by atoms with Crippen molar-refractivity contribution in [1.82, 2.24) is 9.55 Å². The summed E-state index contributed by atoms with van der Waals surface area (Å²) in [5.41, 5.74) is 12.4. The molecule has 0 aliphatic carbocycles. The summed E-state index contributed by atoms with van der Waals surface area (Å²) in [4.78, 5) is 37.9. The van der Waals surface area contributed by atoms with Crippen LogP contribution in [0.4, 0.5) is 5.82 Å². The predicted molar refractivity (Wildman–Crippen MR) is 86.1 cm³/mol. The molecule has 0 saturated carbocycles. The molecule has 5 atom stereocenters. The van der Waals surface area contributed by atoms with Crippen molar-refractivity contribution in [2.75, 3.05) is 12.3 Å². The van der Waals surface area contributed by atoms with Crippen LogP contribution in [-0.2, 0) is 24.8 Å². The normalized spacial score (nSPS) is 28.3. The molecule has 27 heavy (non-hydrogen) atoms. The van der Waals surface area contributed by atoms with Crippen LogP contribution in [0.25, 0.3) is 0 Å². The van der Waals surface area contributed by atoms with Crippen molar-refractivity contribution in [2.45, 2.75) is 36.5 Å². The molecule has 1 aliphatic rings. The lowest BCUT2D eigenvalue weighted by Gasteiger charge is -2.26. The van der Waals surface area contributed by atoms with Crippen molar-refractivity contribution >= 4 is 17.7 Å². The van der Waals surface area contributed by atoms with Gasteiger partial charge < -0.3 is 36.9 Å². The second-order valence-electron chi connectivity index (χ2n) is 5.81. The Labute approximate surface area is 151 Å². The number of nitriles is 1. The van der Waals surface area contributed by atoms with E-state index in [1.54, 1.807) is 6.07 Å². The maximum Gasteiger partial charge on any atom is 0.352 e. The number of hydrogen-bond acceptors (Lipinski definition) is 11. The van der Waals surface area contributed by atoms with Gasteiger partial charge >= 0.3 is 11.7 Å². The average molecular weight is 382 g/mol. The first-order valence-corrected chi connectivity index (χ1v) is 7.63. The highest BCUT2D eigenvalue weighted by Crippen LogP contribution is 2.34. The highest BCUT2D eigenvalue weighted by atomic mass is 16.6. The monoisotopic (exact) mass is 382 g/mol. The summed E-state index contributed by atoms with van der Waals surface area (Å²) in [6.07, 6.45) is -4.30. The zero-order chi connectivity index (χ0) is 20.4. The number of anilines is 1. The second kappa shape index (κ2) is 7.68. The van der Waals surface area contributed by atoms with Crippen LogP contribution in [0, 0.1) is 11.3 Å². The van der Waals surface area contributed by atoms with Crippen LogP contribution in [0.1, 0.15) is 6.42 Å². The topological polar surface area (TPSA) is 230 Å². The number of aromatic nitrogens is 2. The maximum absolute atomic E-state index is 12.0. The van der Waals surface area contributed by atoms with Crippen LogP contribution in [0.15, 0.2) is 17.1 Å². The number of carbonyl (C=O) groups is 2. The highest BCUT2D eigenvalue weighted by Gasteiger charge is 2.57. The summed E-state index contributed by atoms with van der Waals surface area (Å²) in [6, 6.07) is 1.49. The Bertz CT molecular complexity index is 836. The smallest absolute Gasteiger partial charge is 0.352 e. The largest absolute Gasteiger partial charge is 0.462 e. The first-order chi connectivity index (χ1) is 12.6. The van der Waals surface area contributed by atoms with E-state index in [9.17, 15) is 29.9 Å². The number of rotatable bonds is 6. The molecule has 0 bridgehead atoms. The fourth-order valence-corrected chi connectivity index (χ4v) is 2.52. The third-order valence-electron chi connectivity index (χ3n) is 3.89. The quantitative estimate of drug-likeness (QED) is 0.296. The minimum Gasteiger partial charge on any atom is -0.462 e. The summed E-state index contributed by atoms with van der Waals surface area (Å²) in [7, 11) is 0. The van der Waals surface area contributed by atoms with Crippen LogP contribution in [-0.4, -0.2) is 62.6 Å². The van der Waals surface area contributed by atoms with E-state index in [0.29, 0.717) is 4.57 Å². The summed E-state index contributed by atoms with van der Waals surface area (Å²) in [5, 5.41) is 29.9. The van der Waals surface area contributed by atoms with Gasteiger partial charge in [0, 0.05) is 6.20 Å². The molecule has 1 amide bonds. The minimum atomic E-state index is -2.32. The highest BCUT2D eigenvalue weighted by molar-refractivity contribution is 5.84. The first-order valence-electron chi connectivity index (χ1n) is 7.63. The van der Waals surface area contributed by atoms with Gasteiger partial charge in [0.05, 0.1) is 6.42 Å². The molecular weight excluding hydrogens is 364 g/mol. The lowest BCUT2D eigenvalue weighted by molar-refractivity contribution is -0.156. The van der Waals surface area contributed by atoms with Crippen molar-refractivity contribution in [3.8, 4) is 6.07 Å². The summed E-state index contributed by atoms with van der Waals surface area (Å²) in [6.45, 7) is -0.607. The molecule has 0 aromatic carbocycles. The molecule has 2 rings (SSSR count). The number of carbonyl (C=O) groups excluding carboxylic acids is 2. The lowest BCUT2D eigenvalue weighted by Crippen LogP contribution is -2.49. The Hall–Kier alpha value is -3.05. The second-order valence-corrected chi connectivity index (χ2v) is 5.81. The van der Waals surface area contributed by atoms with E-state index < -0.39 is 60.7 Å². The third kappa shape index (κ3) is 3.88. The molecule has 1 aromatic rings. The predicted octanol–water partition coefficient (Wildman–Crippen LogP) is -4.13. The number of ether oxygens (including phenoxy) is 2. The number of hydrogen-bond donors (Lipinski definition) is 5. The molecule has 1 saturated heterocycles. The minimum absolute atomic E-state index is 0.119.